The van der Waals surface area contributed by atoms with Gasteiger partial charge in [-0.3, -0.25) is 0 Å². The summed E-state index contributed by atoms with van der Waals surface area (Å²) in [5, 5.41) is 0. The number of rotatable bonds is 1. The Labute approximate surface area is 70.4 Å². The summed E-state index contributed by atoms with van der Waals surface area (Å²) in [6.45, 7) is 10.2. The van der Waals surface area contributed by atoms with Crippen LogP contribution in [-0.4, -0.2) is 6.54 Å². The zero-order valence-electron chi connectivity index (χ0n) is 8.28. The minimum absolute atomic E-state index is 0.406. The summed E-state index contributed by atoms with van der Waals surface area (Å²) in [5.41, 5.74) is 6.71. The predicted octanol–water partition coefficient (Wildman–Crippen LogP) is 2.41. The molecule has 0 aliphatic heterocycles. The molecule has 2 atom stereocenters. The minimum atomic E-state index is 0.406. The summed E-state index contributed by atoms with van der Waals surface area (Å²) < 4.78 is 0. The van der Waals surface area contributed by atoms with E-state index in [1.54, 1.807) is 0 Å². The molecule has 0 unspecified atom stereocenters. The summed E-state index contributed by atoms with van der Waals surface area (Å²) in [4.78, 5) is 0. The molecule has 11 heavy (non-hydrogen) atoms. The molecule has 1 fully saturated rings. The van der Waals surface area contributed by atoms with Crippen molar-refractivity contribution in [3.63, 3.8) is 0 Å². The second-order valence-corrected chi connectivity index (χ2v) is 5.30. The van der Waals surface area contributed by atoms with Crippen LogP contribution in [-0.2, 0) is 0 Å². The molecule has 0 heterocycles. The third-order valence-electron chi connectivity index (χ3n) is 3.40. The van der Waals surface area contributed by atoms with E-state index in [4.69, 9.17) is 5.73 Å². The van der Waals surface area contributed by atoms with Gasteiger partial charge in [-0.05, 0) is 36.1 Å². The third kappa shape index (κ3) is 1.58. The zero-order valence-corrected chi connectivity index (χ0v) is 8.28. The van der Waals surface area contributed by atoms with Crippen molar-refractivity contribution in [3.8, 4) is 0 Å². The van der Waals surface area contributed by atoms with Gasteiger partial charge in [0.05, 0.1) is 0 Å². The maximum Gasteiger partial charge on any atom is -0.00204 e. The van der Waals surface area contributed by atoms with E-state index in [-0.39, 0.29) is 0 Å². The lowest BCUT2D eigenvalue weighted by atomic mass is 9.80. The quantitative estimate of drug-likeness (QED) is 0.618. The van der Waals surface area contributed by atoms with E-state index >= 15 is 0 Å². The van der Waals surface area contributed by atoms with E-state index in [1.165, 1.54) is 12.8 Å². The van der Waals surface area contributed by atoms with E-state index in [0.717, 1.165) is 12.5 Å². The van der Waals surface area contributed by atoms with Gasteiger partial charge >= 0.3 is 0 Å². The Morgan fingerprint density at radius 1 is 1.36 bits per heavy atom. The monoisotopic (exact) mass is 155 g/mol. The molecule has 1 rings (SSSR count). The molecule has 0 saturated heterocycles. The second kappa shape index (κ2) is 2.48. The summed E-state index contributed by atoms with van der Waals surface area (Å²) in [5.74, 6) is 0.794. The highest BCUT2D eigenvalue weighted by atomic mass is 14.6. The van der Waals surface area contributed by atoms with Gasteiger partial charge in [-0.15, -0.1) is 0 Å². The highest BCUT2D eigenvalue weighted by Gasteiger charge is 2.44. The molecule has 0 aromatic carbocycles. The van der Waals surface area contributed by atoms with Crippen LogP contribution in [0.25, 0.3) is 0 Å². The van der Waals surface area contributed by atoms with Gasteiger partial charge < -0.3 is 5.73 Å². The van der Waals surface area contributed by atoms with Crippen molar-refractivity contribution >= 4 is 0 Å². The largest absolute Gasteiger partial charge is 0.330 e. The Morgan fingerprint density at radius 3 is 2.09 bits per heavy atom. The van der Waals surface area contributed by atoms with Crippen molar-refractivity contribution in [1.29, 1.82) is 0 Å². The molecule has 2 N–H and O–H groups in total. The van der Waals surface area contributed by atoms with Crippen LogP contribution < -0.4 is 5.73 Å². The van der Waals surface area contributed by atoms with Gasteiger partial charge in [0.2, 0.25) is 0 Å². The fourth-order valence-corrected chi connectivity index (χ4v) is 2.69. The average molecular weight is 155 g/mol. The van der Waals surface area contributed by atoms with Gasteiger partial charge in [0.25, 0.3) is 0 Å². The Hall–Kier alpha value is -0.0400. The highest BCUT2D eigenvalue weighted by molar-refractivity contribution is 4.95. The summed E-state index contributed by atoms with van der Waals surface area (Å²) >= 11 is 0. The third-order valence-corrected chi connectivity index (χ3v) is 3.40. The Balaban J connectivity index is 2.73. The standard InChI is InChI=1S/C10H21N/c1-8-5-9(2,3)6-10(8,4)7-11/h8H,5-7,11H2,1-4H3/t8-,10-/m1/s1. The number of hydrogen-bond acceptors (Lipinski definition) is 1. The van der Waals surface area contributed by atoms with E-state index < -0.39 is 0 Å². The Bertz CT molecular complexity index is 151. The maximum atomic E-state index is 5.78. The van der Waals surface area contributed by atoms with Crippen LogP contribution >= 0.6 is 0 Å². The molecule has 1 aliphatic rings. The van der Waals surface area contributed by atoms with Gasteiger partial charge in [-0.25, -0.2) is 0 Å². The van der Waals surface area contributed by atoms with Crippen molar-refractivity contribution in [2.24, 2.45) is 22.5 Å². The first kappa shape index (κ1) is 9.05. The van der Waals surface area contributed by atoms with Crippen LogP contribution in [0.15, 0.2) is 0 Å². The molecule has 66 valence electrons. The van der Waals surface area contributed by atoms with E-state index in [9.17, 15) is 0 Å². The van der Waals surface area contributed by atoms with Crippen molar-refractivity contribution in [2.45, 2.75) is 40.5 Å². The molecular weight excluding hydrogens is 134 g/mol. The van der Waals surface area contributed by atoms with Crippen LogP contribution in [0, 0.1) is 16.7 Å². The second-order valence-electron chi connectivity index (χ2n) is 5.30. The first-order valence-corrected chi connectivity index (χ1v) is 4.60. The zero-order chi connectivity index (χ0) is 8.70. The van der Waals surface area contributed by atoms with Gasteiger partial charge in [0.15, 0.2) is 0 Å². The van der Waals surface area contributed by atoms with Gasteiger partial charge in [0, 0.05) is 0 Å². The smallest absolute Gasteiger partial charge is 0.00204 e. The van der Waals surface area contributed by atoms with Crippen LogP contribution in [0.2, 0.25) is 0 Å². The van der Waals surface area contributed by atoms with Crippen molar-refractivity contribution < 1.29 is 0 Å². The van der Waals surface area contributed by atoms with Crippen LogP contribution in [0.1, 0.15) is 40.5 Å². The molecule has 0 amide bonds. The first-order chi connectivity index (χ1) is 4.90. The molecular formula is C10H21N. The normalized spacial score (nSPS) is 42.8. The van der Waals surface area contributed by atoms with Crippen molar-refractivity contribution in [1.82, 2.24) is 0 Å². The Morgan fingerprint density at radius 2 is 1.91 bits per heavy atom. The summed E-state index contributed by atoms with van der Waals surface area (Å²) in [6, 6.07) is 0. The maximum absolute atomic E-state index is 5.78. The average Bonchev–Trinajstić information content (AvgIpc) is 2.03. The molecule has 0 aromatic rings. The molecule has 0 aromatic heterocycles. The van der Waals surface area contributed by atoms with Crippen LogP contribution in [0.5, 0.6) is 0 Å². The number of hydrogen-bond donors (Lipinski definition) is 1. The van der Waals surface area contributed by atoms with Crippen LogP contribution in [0.4, 0.5) is 0 Å². The molecule has 1 saturated carbocycles. The number of nitrogens with two attached hydrogens (primary N) is 1. The van der Waals surface area contributed by atoms with Crippen molar-refractivity contribution in [3.05, 3.63) is 0 Å². The summed E-state index contributed by atoms with van der Waals surface area (Å²) in [7, 11) is 0. The van der Waals surface area contributed by atoms with Gasteiger partial charge in [-0.2, -0.15) is 0 Å². The molecule has 0 bridgehead atoms. The molecule has 0 radical (unpaired) electrons. The van der Waals surface area contributed by atoms with E-state index in [0.29, 0.717) is 10.8 Å². The first-order valence-electron chi connectivity index (χ1n) is 4.60. The SMILES string of the molecule is C[C@@H]1CC(C)(C)C[C@]1(C)CN. The topological polar surface area (TPSA) is 26.0 Å². The fourth-order valence-electron chi connectivity index (χ4n) is 2.69. The lowest BCUT2D eigenvalue weighted by molar-refractivity contribution is 0.245. The van der Waals surface area contributed by atoms with Crippen LogP contribution in [0.3, 0.4) is 0 Å². The lowest BCUT2D eigenvalue weighted by Crippen LogP contribution is -2.29. The van der Waals surface area contributed by atoms with Gasteiger partial charge in [-0.1, -0.05) is 27.7 Å². The van der Waals surface area contributed by atoms with E-state index in [1.807, 2.05) is 0 Å². The van der Waals surface area contributed by atoms with Gasteiger partial charge in [0.1, 0.15) is 0 Å². The lowest BCUT2D eigenvalue weighted by Gasteiger charge is -2.27. The molecule has 1 aliphatic carbocycles. The van der Waals surface area contributed by atoms with E-state index in [2.05, 4.69) is 27.7 Å². The highest BCUT2D eigenvalue weighted by Crippen LogP contribution is 2.51. The van der Waals surface area contributed by atoms with Crippen molar-refractivity contribution in [2.75, 3.05) is 6.54 Å². The minimum Gasteiger partial charge on any atom is -0.330 e. The molecule has 1 nitrogen and oxygen atoms in total. The summed E-state index contributed by atoms with van der Waals surface area (Å²) in [6.07, 6.45) is 2.62. The molecule has 0 spiro atoms. The Kier molecular flexibility index (Phi) is 2.04. The molecule has 1 heteroatoms. The fraction of sp³-hybridized carbons (Fsp3) is 1.00. The predicted molar refractivity (Wildman–Crippen MR) is 49.3 cm³/mol.